The van der Waals surface area contributed by atoms with Gasteiger partial charge in [0.05, 0.1) is 17.1 Å². The van der Waals surface area contributed by atoms with Gasteiger partial charge in [-0.1, -0.05) is 36.4 Å². The fourth-order valence-electron chi connectivity index (χ4n) is 2.68. The van der Waals surface area contributed by atoms with E-state index in [-0.39, 0.29) is 59.7 Å². The zero-order chi connectivity index (χ0) is 17.8. The lowest BCUT2D eigenvalue weighted by Crippen LogP contribution is -2.30. The number of aromatic carboxylic acids is 1. The van der Waals surface area contributed by atoms with Crippen molar-refractivity contribution in [2.45, 2.75) is 12.5 Å². The van der Waals surface area contributed by atoms with Crippen LogP contribution >= 0.6 is 24.8 Å². The molecule has 0 saturated carbocycles. The molecule has 1 atom stereocenters. The van der Waals surface area contributed by atoms with Crippen molar-refractivity contribution < 1.29 is 19.0 Å². The van der Waals surface area contributed by atoms with Crippen LogP contribution in [0.25, 0.3) is 10.9 Å². The number of nitrogens with zero attached hydrogens (tertiary/aromatic N) is 1. The molecule has 0 aliphatic carbocycles. The van der Waals surface area contributed by atoms with Crippen LogP contribution in [0.4, 0.5) is 4.39 Å². The number of hydrogen-bond donors (Lipinski definition) is 2. The van der Waals surface area contributed by atoms with Gasteiger partial charge in [-0.05, 0) is 24.1 Å². The molecule has 144 valence electrons. The molecule has 2 aromatic carbocycles. The van der Waals surface area contributed by atoms with E-state index in [0.717, 1.165) is 5.56 Å². The van der Waals surface area contributed by atoms with Crippen LogP contribution in [-0.4, -0.2) is 28.7 Å². The van der Waals surface area contributed by atoms with E-state index >= 15 is 0 Å². The summed E-state index contributed by atoms with van der Waals surface area (Å²) in [5.74, 6) is -1.92. The molecule has 0 fully saturated rings. The molecule has 27 heavy (non-hydrogen) atoms. The molecule has 3 aromatic rings. The summed E-state index contributed by atoms with van der Waals surface area (Å²) in [4.78, 5) is 15.7. The SMILES string of the molecule is Cl.Cl.NC(COc1cnc2cccc(F)c2c1C(=O)O)Cc1ccccc1. The molecule has 0 radical (unpaired) electrons. The number of rotatable bonds is 6. The van der Waals surface area contributed by atoms with E-state index in [1.165, 1.54) is 18.3 Å². The highest BCUT2D eigenvalue weighted by atomic mass is 35.5. The van der Waals surface area contributed by atoms with Gasteiger partial charge in [-0.2, -0.15) is 0 Å². The Morgan fingerprint density at radius 1 is 1.15 bits per heavy atom. The average Bonchev–Trinajstić information content (AvgIpc) is 2.60. The minimum absolute atomic E-state index is 0. The Bertz CT molecular complexity index is 910. The van der Waals surface area contributed by atoms with E-state index in [4.69, 9.17) is 10.5 Å². The number of fused-ring (bicyclic) bond motifs is 1. The summed E-state index contributed by atoms with van der Waals surface area (Å²) in [6, 6.07) is 13.6. The van der Waals surface area contributed by atoms with Gasteiger partial charge >= 0.3 is 5.97 Å². The summed E-state index contributed by atoms with van der Waals surface area (Å²) in [5, 5.41) is 9.42. The van der Waals surface area contributed by atoms with Crippen molar-refractivity contribution >= 4 is 41.7 Å². The van der Waals surface area contributed by atoms with Crippen molar-refractivity contribution in [2.75, 3.05) is 6.61 Å². The molecule has 3 rings (SSSR count). The van der Waals surface area contributed by atoms with E-state index in [9.17, 15) is 14.3 Å². The Morgan fingerprint density at radius 2 is 1.85 bits per heavy atom. The number of halogens is 3. The molecule has 0 bridgehead atoms. The first-order valence-electron chi connectivity index (χ1n) is 7.79. The smallest absolute Gasteiger partial charge is 0.340 e. The van der Waals surface area contributed by atoms with Gasteiger partial charge in [-0.25, -0.2) is 9.18 Å². The maximum Gasteiger partial charge on any atom is 0.340 e. The standard InChI is InChI=1S/C19H17FN2O3.2ClH/c20-14-7-4-8-15-17(14)18(19(23)24)16(10-22-15)25-11-13(21)9-12-5-2-1-3-6-12;;/h1-8,10,13H,9,11,21H2,(H,23,24);2*1H. The third-order valence-electron chi connectivity index (χ3n) is 3.82. The zero-order valence-electron chi connectivity index (χ0n) is 14.2. The minimum atomic E-state index is -1.27. The largest absolute Gasteiger partial charge is 0.489 e. The summed E-state index contributed by atoms with van der Waals surface area (Å²) in [5.41, 5.74) is 7.13. The topological polar surface area (TPSA) is 85.4 Å². The third kappa shape index (κ3) is 5.29. The van der Waals surface area contributed by atoms with Crippen molar-refractivity contribution in [3.8, 4) is 5.75 Å². The Morgan fingerprint density at radius 3 is 2.52 bits per heavy atom. The summed E-state index contributed by atoms with van der Waals surface area (Å²) >= 11 is 0. The fraction of sp³-hybridized carbons (Fsp3) is 0.158. The second-order valence-corrected chi connectivity index (χ2v) is 5.70. The molecule has 5 nitrogen and oxygen atoms in total. The highest BCUT2D eigenvalue weighted by Crippen LogP contribution is 2.28. The van der Waals surface area contributed by atoms with Gasteiger partial charge in [0.2, 0.25) is 0 Å². The number of aromatic nitrogens is 1. The third-order valence-corrected chi connectivity index (χ3v) is 3.82. The minimum Gasteiger partial charge on any atom is -0.489 e. The first kappa shape index (κ1) is 22.6. The highest BCUT2D eigenvalue weighted by molar-refractivity contribution is 6.05. The van der Waals surface area contributed by atoms with Crippen molar-refractivity contribution in [3.05, 3.63) is 71.7 Å². The molecule has 1 heterocycles. The van der Waals surface area contributed by atoms with E-state index in [0.29, 0.717) is 6.42 Å². The van der Waals surface area contributed by atoms with Gasteiger partial charge in [0, 0.05) is 6.04 Å². The van der Waals surface area contributed by atoms with Gasteiger partial charge in [0.1, 0.15) is 18.0 Å². The van der Waals surface area contributed by atoms with Gasteiger partial charge in [-0.15, -0.1) is 24.8 Å². The van der Waals surface area contributed by atoms with Crippen molar-refractivity contribution in [2.24, 2.45) is 5.73 Å². The molecule has 0 aliphatic rings. The maximum absolute atomic E-state index is 14.1. The lowest BCUT2D eigenvalue weighted by atomic mass is 10.1. The monoisotopic (exact) mass is 412 g/mol. The van der Waals surface area contributed by atoms with Crippen LogP contribution < -0.4 is 10.5 Å². The van der Waals surface area contributed by atoms with Gasteiger partial charge < -0.3 is 15.6 Å². The number of carboxylic acid groups (broad SMARTS) is 1. The van der Waals surface area contributed by atoms with Crippen LogP contribution in [0, 0.1) is 5.82 Å². The van der Waals surface area contributed by atoms with Crippen LogP contribution in [0.3, 0.4) is 0 Å². The number of hydrogen-bond acceptors (Lipinski definition) is 4. The summed E-state index contributed by atoms with van der Waals surface area (Å²) in [7, 11) is 0. The number of ether oxygens (including phenoxy) is 1. The first-order valence-corrected chi connectivity index (χ1v) is 7.79. The quantitative estimate of drug-likeness (QED) is 0.641. The number of carboxylic acids is 1. The molecule has 1 aromatic heterocycles. The van der Waals surface area contributed by atoms with Crippen molar-refractivity contribution in [1.82, 2.24) is 4.98 Å². The lowest BCUT2D eigenvalue weighted by Gasteiger charge is -2.15. The molecule has 0 spiro atoms. The number of benzene rings is 2. The number of carbonyl (C=O) groups is 1. The zero-order valence-corrected chi connectivity index (χ0v) is 15.8. The molecule has 0 aliphatic heterocycles. The van der Waals surface area contributed by atoms with Gasteiger partial charge in [0.25, 0.3) is 0 Å². The second kappa shape index (κ2) is 10.1. The van der Waals surface area contributed by atoms with Crippen LogP contribution in [0.5, 0.6) is 5.75 Å². The molecule has 0 saturated heterocycles. The van der Waals surface area contributed by atoms with Crippen LogP contribution in [0.2, 0.25) is 0 Å². The molecule has 1 unspecified atom stereocenters. The van der Waals surface area contributed by atoms with Crippen LogP contribution in [-0.2, 0) is 6.42 Å². The number of pyridine rings is 1. The Balaban J connectivity index is 0.00000182. The average molecular weight is 413 g/mol. The Kier molecular flexibility index (Phi) is 8.43. The Hall–Kier alpha value is -2.41. The normalized spacial score (nSPS) is 11.2. The van der Waals surface area contributed by atoms with Crippen molar-refractivity contribution in [3.63, 3.8) is 0 Å². The highest BCUT2D eigenvalue weighted by Gasteiger charge is 2.20. The predicted octanol–water partition coefficient (Wildman–Crippen LogP) is 3.86. The van der Waals surface area contributed by atoms with Crippen LogP contribution in [0.15, 0.2) is 54.7 Å². The predicted molar refractivity (Wildman–Crippen MR) is 107 cm³/mol. The fourth-order valence-corrected chi connectivity index (χ4v) is 2.68. The van der Waals surface area contributed by atoms with Crippen molar-refractivity contribution in [1.29, 1.82) is 0 Å². The molecular weight excluding hydrogens is 394 g/mol. The summed E-state index contributed by atoms with van der Waals surface area (Å²) < 4.78 is 19.7. The molecule has 3 N–H and O–H groups in total. The Labute approximate surface area is 168 Å². The second-order valence-electron chi connectivity index (χ2n) is 5.70. The van der Waals surface area contributed by atoms with E-state index in [2.05, 4.69) is 4.98 Å². The van der Waals surface area contributed by atoms with E-state index < -0.39 is 11.8 Å². The molecule has 8 heteroatoms. The molecular formula is C19H19Cl2FN2O3. The van der Waals surface area contributed by atoms with Gasteiger partial charge in [-0.3, -0.25) is 4.98 Å². The first-order chi connectivity index (χ1) is 12.1. The van der Waals surface area contributed by atoms with E-state index in [1.54, 1.807) is 6.07 Å². The van der Waals surface area contributed by atoms with Crippen LogP contribution in [0.1, 0.15) is 15.9 Å². The number of nitrogens with two attached hydrogens (primary N) is 1. The molecule has 0 amide bonds. The van der Waals surface area contributed by atoms with Gasteiger partial charge in [0.15, 0.2) is 5.75 Å². The summed E-state index contributed by atoms with van der Waals surface area (Å²) in [6.07, 6.45) is 1.87. The van der Waals surface area contributed by atoms with E-state index in [1.807, 2.05) is 30.3 Å². The maximum atomic E-state index is 14.1. The lowest BCUT2D eigenvalue weighted by molar-refractivity contribution is 0.0693. The summed E-state index contributed by atoms with van der Waals surface area (Å²) in [6.45, 7) is 0.0941.